The third kappa shape index (κ3) is 3.73. The van der Waals surface area contributed by atoms with Crippen LogP contribution >= 0.6 is 11.3 Å². The number of aromatic amines is 1. The van der Waals surface area contributed by atoms with Crippen LogP contribution in [0, 0.1) is 12.8 Å². The van der Waals surface area contributed by atoms with Crippen molar-refractivity contribution in [2.45, 2.75) is 46.1 Å². The monoisotopic (exact) mass is 449 g/mol. The first-order valence-corrected chi connectivity index (χ1v) is 11.5. The van der Waals surface area contributed by atoms with Crippen LogP contribution in [0.15, 0.2) is 33.9 Å². The summed E-state index contributed by atoms with van der Waals surface area (Å²) in [7, 11) is 0. The third-order valence-corrected chi connectivity index (χ3v) is 6.45. The molecule has 0 unspecified atom stereocenters. The number of nitrogens with one attached hydrogen (secondary N) is 2. The van der Waals surface area contributed by atoms with Crippen molar-refractivity contribution in [3.05, 3.63) is 61.9 Å². The molecule has 0 spiro atoms. The summed E-state index contributed by atoms with van der Waals surface area (Å²) in [4.78, 5) is 50.2. The lowest BCUT2D eigenvalue weighted by atomic mass is 10.1. The van der Waals surface area contributed by atoms with Gasteiger partial charge in [0.2, 0.25) is 0 Å². The summed E-state index contributed by atoms with van der Waals surface area (Å²) in [6.07, 6.45) is 1.96. The number of anilines is 1. The summed E-state index contributed by atoms with van der Waals surface area (Å²) in [5.74, 6) is -0.0229. The fourth-order valence-electron chi connectivity index (χ4n) is 3.85. The molecule has 3 heterocycles. The Balaban J connectivity index is 1.65. The Kier molecular flexibility index (Phi) is 4.93. The molecule has 1 fully saturated rings. The number of nitrogens with zero attached hydrogens (tertiary/aromatic N) is 3. The average molecular weight is 450 g/mol. The maximum Gasteiger partial charge on any atom is 0.330 e. The van der Waals surface area contributed by atoms with Crippen LogP contribution in [-0.4, -0.2) is 25.4 Å². The zero-order valence-electron chi connectivity index (χ0n) is 18.1. The number of carbonyl (C=O) groups is 1. The number of amides is 1. The molecule has 1 amide bonds. The van der Waals surface area contributed by atoms with Crippen molar-refractivity contribution in [2.75, 3.05) is 5.32 Å². The van der Waals surface area contributed by atoms with E-state index in [4.69, 9.17) is 0 Å². The van der Waals surface area contributed by atoms with Gasteiger partial charge in [-0.05, 0) is 49.4 Å². The molecule has 4 aromatic rings. The van der Waals surface area contributed by atoms with Gasteiger partial charge in [0.15, 0.2) is 10.8 Å². The van der Waals surface area contributed by atoms with E-state index in [1.165, 1.54) is 15.9 Å². The molecule has 0 aliphatic heterocycles. The molecule has 0 bridgehead atoms. The Bertz CT molecular complexity index is 1490. The van der Waals surface area contributed by atoms with Gasteiger partial charge in [-0.2, -0.15) is 0 Å². The van der Waals surface area contributed by atoms with E-state index in [9.17, 15) is 14.4 Å². The quantitative estimate of drug-likeness (QED) is 0.482. The Morgan fingerprint density at radius 3 is 2.75 bits per heavy atom. The zero-order valence-corrected chi connectivity index (χ0v) is 18.9. The van der Waals surface area contributed by atoms with Crippen molar-refractivity contribution in [1.29, 1.82) is 0 Å². The minimum atomic E-state index is -0.607. The van der Waals surface area contributed by atoms with E-state index in [0.717, 1.165) is 34.3 Å². The normalized spacial score (nSPS) is 13.9. The predicted octanol–water partition coefficient (Wildman–Crippen LogP) is 3.79. The summed E-state index contributed by atoms with van der Waals surface area (Å²) < 4.78 is 2.44. The number of carbonyl (C=O) groups excluding carboxylic acids is 1. The maximum absolute atomic E-state index is 13.3. The van der Waals surface area contributed by atoms with Crippen molar-refractivity contribution in [1.82, 2.24) is 19.5 Å². The van der Waals surface area contributed by atoms with Crippen LogP contribution in [0.4, 0.5) is 5.13 Å². The second-order valence-electron chi connectivity index (χ2n) is 8.78. The molecule has 5 rings (SSSR count). The SMILES string of the molecule is Cc1ccc2nc(NC(=O)c3cc(C4CC4)nc4c3c(=O)[nH]c(=O)n4CC(C)C)sc2c1. The van der Waals surface area contributed by atoms with E-state index in [2.05, 4.69) is 20.3 Å². The number of rotatable bonds is 5. The van der Waals surface area contributed by atoms with E-state index < -0.39 is 17.2 Å². The van der Waals surface area contributed by atoms with Crippen LogP contribution in [0.5, 0.6) is 0 Å². The molecule has 0 atom stereocenters. The number of hydrogen-bond acceptors (Lipinski definition) is 6. The largest absolute Gasteiger partial charge is 0.330 e. The number of hydrogen-bond donors (Lipinski definition) is 2. The van der Waals surface area contributed by atoms with Crippen molar-refractivity contribution < 1.29 is 4.79 Å². The molecule has 0 saturated heterocycles. The second-order valence-corrected chi connectivity index (χ2v) is 9.81. The zero-order chi connectivity index (χ0) is 22.6. The fourth-order valence-corrected chi connectivity index (χ4v) is 4.80. The smallest absolute Gasteiger partial charge is 0.298 e. The minimum absolute atomic E-state index is 0.129. The summed E-state index contributed by atoms with van der Waals surface area (Å²) in [5.41, 5.74) is 2.02. The first kappa shape index (κ1) is 20.6. The van der Waals surface area contributed by atoms with Crippen molar-refractivity contribution >= 4 is 43.6 Å². The van der Waals surface area contributed by atoms with E-state index in [1.807, 2.05) is 39.0 Å². The predicted molar refractivity (Wildman–Crippen MR) is 126 cm³/mol. The molecule has 1 saturated carbocycles. The molecule has 0 radical (unpaired) electrons. The van der Waals surface area contributed by atoms with Crippen LogP contribution in [0.1, 0.15) is 54.2 Å². The minimum Gasteiger partial charge on any atom is -0.298 e. The van der Waals surface area contributed by atoms with E-state index in [1.54, 1.807) is 6.07 Å². The number of aryl methyl sites for hydroxylation is 1. The topological polar surface area (TPSA) is 110 Å². The molecule has 3 aromatic heterocycles. The number of H-pyrrole nitrogens is 1. The van der Waals surface area contributed by atoms with Crippen LogP contribution in [0.25, 0.3) is 21.3 Å². The van der Waals surface area contributed by atoms with Gasteiger partial charge < -0.3 is 0 Å². The van der Waals surface area contributed by atoms with Gasteiger partial charge in [0.05, 0.1) is 21.2 Å². The molecular weight excluding hydrogens is 426 g/mol. The first-order valence-electron chi connectivity index (χ1n) is 10.7. The molecule has 1 aliphatic carbocycles. The number of pyridine rings is 1. The Morgan fingerprint density at radius 2 is 2.03 bits per heavy atom. The highest BCUT2D eigenvalue weighted by atomic mass is 32.1. The number of fused-ring (bicyclic) bond motifs is 2. The molecule has 1 aliphatic rings. The summed E-state index contributed by atoms with van der Waals surface area (Å²) in [5, 5.41) is 3.44. The molecule has 164 valence electrons. The highest BCUT2D eigenvalue weighted by molar-refractivity contribution is 7.22. The lowest BCUT2D eigenvalue weighted by Gasteiger charge is -2.14. The maximum atomic E-state index is 13.3. The molecule has 32 heavy (non-hydrogen) atoms. The molecule has 1 aromatic carbocycles. The van der Waals surface area contributed by atoms with Gasteiger partial charge in [0, 0.05) is 18.2 Å². The second kappa shape index (κ2) is 7.67. The van der Waals surface area contributed by atoms with Crippen LogP contribution in [0.3, 0.4) is 0 Å². The summed E-state index contributed by atoms with van der Waals surface area (Å²) >= 11 is 1.38. The van der Waals surface area contributed by atoms with Crippen LogP contribution in [-0.2, 0) is 6.54 Å². The molecule has 8 nitrogen and oxygen atoms in total. The van der Waals surface area contributed by atoms with Gasteiger partial charge in [-0.3, -0.25) is 24.5 Å². The third-order valence-electron chi connectivity index (χ3n) is 5.52. The van der Waals surface area contributed by atoms with E-state index in [-0.39, 0.29) is 28.4 Å². The highest BCUT2D eigenvalue weighted by Crippen LogP contribution is 2.40. The summed E-state index contributed by atoms with van der Waals surface area (Å²) in [6.45, 7) is 6.36. The Hall–Kier alpha value is -3.33. The van der Waals surface area contributed by atoms with Crippen LogP contribution in [0.2, 0.25) is 0 Å². The molecular formula is C23H23N5O3S. The van der Waals surface area contributed by atoms with Gasteiger partial charge in [-0.15, -0.1) is 0 Å². The van der Waals surface area contributed by atoms with Crippen molar-refractivity contribution in [2.24, 2.45) is 5.92 Å². The van der Waals surface area contributed by atoms with Crippen LogP contribution < -0.4 is 16.6 Å². The van der Waals surface area contributed by atoms with E-state index in [0.29, 0.717) is 11.7 Å². The van der Waals surface area contributed by atoms with E-state index >= 15 is 0 Å². The summed E-state index contributed by atoms with van der Waals surface area (Å²) in [6, 6.07) is 7.59. The fraction of sp³-hybridized carbons (Fsp3) is 0.348. The van der Waals surface area contributed by atoms with Gasteiger partial charge in [-0.1, -0.05) is 31.3 Å². The lowest BCUT2D eigenvalue weighted by Crippen LogP contribution is -2.33. The standard InChI is InChI=1S/C23H23N5O3S/c1-11(2)10-28-19-18(21(30)27-23(28)31)14(9-16(24-19)13-5-6-13)20(29)26-22-25-15-7-4-12(3)8-17(15)32-22/h4,7-9,11,13H,5-6,10H2,1-3H3,(H,25,26,29)(H,27,30,31). The highest BCUT2D eigenvalue weighted by Gasteiger charge is 2.29. The number of thiazole rings is 1. The van der Waals surface area contributed by atoms with Gasteiger partial charge in [0.25, 0.3) is 11.5 Å². The van der Waals surface area contributed by atoms with Crippen molar-refractivity contribution in [3.8, 4) is 0 Å². The average Bonchev–Trinajstić information content (AvgIpc) is 3.50. The first-order chi connectivity index (χ1) is 15.3. The Morgan fingerprint density at radius 1 is 1.25 bits per heavy atom. The lowest BCUT2D eigenvalue weighted by molar-refractivity contribution is 0.102. The number of aromatic nitrogens is 4. The van der Waals surface area contributed by atoms with Gasteiger partial charge >= 0.3 is 5.69 Å². The molecule has 2 N–H and O–H groups in total. The molecule has 9 heteroatoms. The van der Waals surface area contributed by atoms with Gasteiger partial charge in [0.1, 0.15) is 0 Å². The Labute approximate surface area is 187 Å². The number of benzene rings is 1. The van der Waals surface area contributed by atoms with Crippen molar-refractivity contribution in [3.63, 3.8) is 0 Å². The van der Waals surface area contributed by atoms with Gasteiger partial charge in [-0.25, -0.2) is 14.8 Å².